The van der Waals surface area contributed by atoms with Gasteiger partial charge in [-0.05, 0) is 31.9 Å². The number of amides is 1. The number of carbonyl (C=O) groups is 1. The number of carbonyl (C=O) groups excluding carboxylic acids is 1. The molecule has 2 aliphatic rings. The summed E-state index contributed by atoms with van der Waals surface area (Å²) < 4.78 is 11.3. The fourth-order valence-corrected chi connectivity index (χ4v) is 3.29. The van der Waals surface area contributed by atoms with Crippen LogP contribution in [0.4, 0.5) is 0 Å². The molecule has 23 heavy (non-hydrogen) atoms. The summed E-state index contributed by atoms with van der Waals surface area (Å²) in [7, 11) is 0. The van der Waals surface area contributed by atoms with E-state index in [0.717, 1.165) is 30.9 Å². The first-order valence-electron chi connectivity index (χ1n) is 7.95. The van der Waals surface area contributed by atoms with Gasteiger partial charge in [0.2, 0.25) is 0 Å². The lowest BCUT2D eigenvalue weighted by molar-refractivity contribution is 0.0720. The second-order valence-corrected chi connectivity index (χ2v) is 5.94. The third kappa shape index (κ3) is 2.44. The number of hydrogen-bond acceptors (Lipinski definition) is 4. The van der Waals surface area contributed by atoms with E-state index in [1.807, 2.05) is 24.0 Å². The molecule has 2 aromatic rings. The number of fused-ring (bicyclic) bond motifs is 1. The number of nitrogens with one attached hydrogen (secondary N) is 1. The van der Waals surface area contributed by atoms with Crippen LogP contribution in [0.5, 0.6) is 11.5 Å². The number of para-hydroxylation sites is 1. The van der Waals surface area contributed by atoms with E-state index in [2.05, 4.69) is 9.97 Å². The van der Waals surface area contributed by atoms with E-state index >= 15 is 0 Å². The molecule has 1 N–H and O–H groups in total. The lowest BCUT2D eigenvalue weighted by Gasteiger charge is -2.26. The van der Waals surface area contributed by atoms with Crippen LogP contribution in [0.3, 0.4) is 0 Å². The summed E-state index contributed by atoms with van der Waals surface area (Å²) in [5.41, 5.74) is 1.57. The Labute approximate surface area is 134 Å². The van der Waals surface area contributed by atoms with Crippen LogP contribution in [-0.4, -0.2) is 40.5 Å². The highest BCUT2D eigenvalue weighted by Crippen LogP contribution is 2.37. The Balaban J connectivity index is 1.66. The maximum atomic E-state index is 13.1. The van der Waals surface area contributed by atoms with Gasteiger partial charge in [0.1, 0.15) is 19.0 Å². The number of ether oxygens (including phenoxy) is 2. The lowest BCUT2D eigenvalue weighted by atomic mass is 10.1. The largest absolute Gasteiger partial charge is 0.486 e. The van der Waals surface area contributed by atoms with Gasteiger partial charge >= 0.3 is 0 Å². The molecule has 1 fully saturated rings. The van der Waals surface area contributed by atoms with Crippen molar-refractivity contribution in [3.8, 4) is 11.5 Å². The quantitative estimate of drug-likeness (QED) is 0.925. The summed E-state index contributed by atoms with van der Waals surface area (Å²) in [5, 5.41) is 0. The zero-order valence-electron chi connectivity index (χ0n) is 13.0. The minimum atomic E-state index is -0.0242. The third-order valence-corrected chi connectivity index (χ3v) is 4.35. The molecule has 1 aromatic heterocycles. The summed E-state index contributed by atoms with van der Waals surface area (Å²) >= 11 is 0. The third-order valence-electron chi connectivity index (χ3n) is 4.35. The fourth-order valence-electron chi connectivity index (χ4n) is 3.29. The second-order valence-electron chi connectivity index (χ2n) is 5.94. The Morgan fingerprint density at radius 2 is 2.22 bits per heavy atom. The molecule has 120 valence electrons. The molecule has 1 unspecified atom stereocenters. The number of rotatable bonds is 2. The van der Waals surface area contributed by atoms with Crippen LogP contribution in [0.1, 0.15) is 40.8 Å². The summed E-state index contributed by atoms with van der Waals surface area (Å²) in [6.07, 6.45) is 3.70. The molecule has 0 aliphatic carbocycles. The maximum Gasteiger partial charge on any atom is 0.258 e. The van der Waals surface area contributed by atoms with Crippen LogP contribution >= 0.6 is 0 Å². The molecule has 4 rings (SSSR count). The predicted octanol–water partition coefficient (Wildman–Crippen LogP) is 2.47. The predicted molar refractivity (Wildman–Crippen MR) is 83.8 cm³/mol. The number of imidazole rings is 1. The van der Waals surface area contributed by atoms with Crippen molar-refractivity contribution >= 4 is 5.91 Å². The van der Waals surface area contributed by atoms with E-state index in [1.165, 1.54) is 0 Å². The number of hydrogen-bond donors (Lipinski definition) is 1. The molecule has 1 atom stereocenters. The molecule has 1 amide bonds. The average Bonchev–Trinajstić information content (AvgIpc) is 3.22. The van der Waals surface area contributed by atoms with Crippen LogP contribution in [0.25, 0.3) is 0 Å². The van der Waals surface area contributed by atoms with Crippen molar-refractivity contribution in [1.29, 1.82) is 0 Å². The number of nitrogens with zero attached hydrogens (tertiary/aromatic N) is 2. The SMILES string of the molecule is Cc1cnc(C2CCCN2C(=O)c2cccc3c2OCCO3)[nH]1. The van der Waals surface area contributed by atoms with Crippen LogP contribution in [-0.2, 0) is 0 Å². The lowest BCUT2D eigenvalue weighted by Crippen LogP contribution is -2.32. The van der Waals surface area contributed by atoms with E-state index in [0.29, 0.717) is 30.3 Å². The van der Waals surface area contributed by atoms with Gasteiger partial charge < -0.3 is 19.4 Å². The number of aromatic amines is 1. The highest BCUT2D eigenvalue weighted by atomic mass is 16.6. The molecule has 0 radical (unpaired) electrons. The van der Waals surface area contributed by atoms with Gasteiger partial charge in [0.05, 0.1) is 11.6 Å². The molecule has 6 heteroatoms. The Hall–Kier alpha value is -2.50. The Morgan fingerprint density at radius 1 is 1.35 bits per heavy atom. The van der Waals surface area contributed by atoms with Crippen molar-refractivity contribution in [1.82, 2.24) is 14.9 Å². The van der Waals surface area contributed by atoms with Gasteiger partial charge in [-0.25, -0.2) is 4.98 Å². The van der Waals surface area contributed by atoms with Gasteiger partial charge in [0, 0.05) is 18.4 Å². The van der Waals surface area contributed by atoms with Gasteiger partial charge in [0.15, 0.2) is 11.5 Å². The minimum absolute atomic E-state index is 0.00318. The van der Waals surface area contributed by atoms with Crippen molar-refractivity contribution in [3.63, 3.8) is 0 Å². The molecule has 3 heterocycles. The average molecular weight is 313 g/mol. The first-order valence-corrected chi connectivity index (χ1v) is 7.95. The number of aromatic nitrogens is 2. The van der Waals surface area contributed by atoms with Gasteiger partial charge in [-0.3, -0.25) is 4.79 Å². The van der Waals surface area contributed by atoms with Crippen molar-refractivity contribution in [2.24, 2.45) is 0 Å². The van der Waals surface area contributed by atoms with Crippen molar-refractivity contribution < 1.29 is 14.3 Å². The van der Waals surface area contributed by atoms with Crippen LogP contribution in [0.2, 0.25) is 0 Å². The van der Waals surface area contributed by atoms with Gasteiger partial charge in [-0.15, -0.1) is 0 Å². The summed E-state index contributed by atoms with van der Waals surface area (Å²) in [4.78, 5) is 22.6. The van der Waals surface area contributed by atoms with Crippen LogP contribution in [0, 0.1) is 6.92 Å². The number of likely N-dealkylation sites (tertiary alicyclic amines) is 1. The normalized spacial score (nSPS) is 19.9. The highest BCUT2D eigenvalue weighted by Gasteiger charge is 2.34. The topological polar surface area (TPSA) is 67.5 Å². The van der Waals surface area contributed by atoms with Gasteiger partial charge in [-0.1, -0.05) is 6.07 Å². The monoisotopic (exact) mass is 313 g/mol. The molecule has 1 saturated heterocycles. The summed E-state index contributed by atoms with van der Waals surface area (Å²) in [5.74, 6) is 2.04. The zero-order chi connectivity index (χ0) is 15.8. The molecule has 2 aliphatic heterocycles. The van der Waals surface area contributed by atoms with Crippen LogP contribution in [0.15, 0.2) is 24.4 Å². The Kier molecular flexibility index (Phi) is 3.44. The molecule has 1 aromatic carbocycles. The van der Waals surface area contributed by atoms with Crippen molar-refractivity contribution in [2.45, 2.75) is 25.8 Å². The van der Waals surface area contributed by atoms with E-state index in [-0.39, 0.29) is 11.9 Å². The zero-order valence-corrected chi connectivity index (χ0v) is 13.0. The smallest absolute Gasteiger partial charge is 0.258 e. The Morgan fingerprint density at radius 3 is 3.04 bits per heavy atom. The molecule has 6 nitrogen and oxygen atoms in total. The van der Waals surface area contributed by atoms with Gasteiger partial charge in [-0.2, -0.15) is 0 Å². The van der Waals surface area contributed by atoms with E-state index in [9.17, 15) is 4.79 Å². The molecule has 0 spiro atoms. The fraction of sp³-hybridized carbons (Fsp3) is 0.412. The second kappa shape index (κ2) is 5.61. The van der Waals surface area contributed by atoms with Crippen molar-refractivity contribution in [2.75, 3.05) is 19.8 Å². The van der Waals surface area contributed by atoms with Crippen molar-refractivity contribution in [3.05, 3.63) is 41.5 Å². The first-order chi connectivity index (χ1) is 11.2. The number of aryl methyl sites for hydroxylation is 1. The number of H-pyrrole nitrogens is 1. The standard InChI is InChI=1S/C17H19N3O3/c1-11-10-18-16(19-11)13-5-3-7-20(13)17(21)12-4-2-6-14-15(12)23-9-8-22-14/h2,4,6,10,13H,3,5,7-9H2,1H3,(H,18,19). The summed E-state index contributed by atoms with van der Waals surface area (Å²) in [6.45, 7) is 3.69. The number of benzene rings is 1. The summed E-state index contributed by atoms with van der Waals surface area (Å²) in [6, 6.07) is 5.47. The molecular weight excluding hydrogens is 294 g/mol. The molecule has 0 saturated carbocycles. The van der Waals surface area contributed by atoms with E-state index in [1.54, 1.807) is 12.3 Å². The van der Waals surface area contributed by atoms with Crippen LogP contribution < -0.4 is 9.47 Å². The minimum Gasteiger partial charge on any atom is -0.486 e. The van der Waals surface area contributed by atoms with Gasteiger partial charge in [0.25, 0.3) is 5.91 Å². The van der Waals surface area contributed by atoms with E-state index in [4.69, 9.17) is 9.47 Å². The molecule has 0 bridgehead atoms. The molecular formula is C17H19N3O3. The Bertz CT molecular complexity index is 740. The highest BCUT2D eigenvalue weighted by molar-refractivity contribution is 5.98. The first kappa shape index (κ1) is 14.1. The van der Waals surface area contributed by atoms with E-state index < -0.39 is 0 Å². The maximum absolute atomic E-state index is 13.1.